The van der Waals surface area contributed by atoms with E-state index in [2.05, 4.69) is 9.88 Å². The molecule has 26 heavy (non-hydrogen) atoms. The quantitative estimate of drug-likeness (QED) is 0.669. The molecule has 0 aromatic carbocycles. The largest absolute Gasteiger partial charge is 0.367 e. The Balaban J connectivity index is 1.74. The molecule has 0 saturated carbocycles. The maximum Gasteiger partial charge on any atom is 0.255 e. The number of carbonyl (C=O) groups is 2. The van der Waals surface area contributed by atoms with Crippen LogP contribution in [0.15, 0.2) is 18.5 Å². The minimum Gasteiger partial charge on any atom is -0.367 e. The Bertz CT molecular complexity index is 775. The Morgan fingerprint density at radius 3 is 2.62 bits per heavy atom. The highest BCUT2D eigenvalue weighted by atomic mass is 32.2. The van der Waals surface area contributed by atoms with Crippen LogP contribution in [0.3, 0.4) is 0 Å². The number of aromatic nitrogens is 1. The fourth-order valence-electron chi connectivity index (χ4n) is 3.56. The fraction of sp³-hybridized carbons (Fsp3) is 0.588. The number of carbonyl (C=O) groups excluding carboxylic acids is 2. The lowest BCUT2D eigenvalue weighted by Gasteiger charge is -2.34. The van der Waals surface area contributed by atoms with Gasteiger partial charge in [0.15, 0.2) is 9.84 Å². The number of amides is 2. The molecule has 1 atom stereocenters. The third-order valence-electron chi connectivity index (χ3n) is 5.05. The average Bonchev–Trinajstić information content (AvgIpc) is 3.02. The summed E-state index contributed by atoms with van der Waals surface area (Å²) < 4.78 is 23.5. The van der Waals surface area contributed by atoms with Gasteiger partial charge in [0.25, 0.3) is 5.91 Å². The Morgan fingerprint density at radius 2 is 2.04 bits per heavy atom. The maximum absolute atomic E-state index is 12.9. The maximum atomic E-state index is 12.9. The zero-order valence-electron chi connectivity index (χ0n) is 14.9. The molecule has 0 N–H and O–H groups in total. The number of anilines is 1. The Hall–Kier alpha value is -2.16. The molecule has 3 rings (SSSR count). The fourth-order valence-corrected chi connectivity index (χ4v) is 5.29. The van der Waals surface area contributed by atoms with Gasteiger partial charge in [-0.15, -0.1) is 0 Å². The van der Waals surface area contributed by atoms with E-state index in [1.807, 2.05) is 6.92 Å². The first-order valence-corrected chi connectivity index (χ1v) is 10.7. The number of piperazine rings is 1. The SMILES string of the molecule is CCN(C(=O)c1cncc(N2CCN(C=O)CC2)c1)C1CCS(=O)(=O)C1. The van der Waals surface area contributed by atoms with E-state index in [9.17, 15) is 18.0 Å². The van der Waals surface area contributed by atoms with Crippen LogP contribution in [-0.4, -0.2) is 85.8 Å². The summed E-state index contributed by atoms with van der Waals surface area (Å²) in [7, 11) is -3.05. The van der Waals surface area contributed by atoms with Crippen molar-refractivity contribution in [3.63, 3.8) is 0 Å². The summed E-state index contributed by atoms with van der Waals surface area (Å²) in [5.74, 6) is -0.0100. The van der Waals surface area contributed by atoms with Crippen LogP contribution >= 0.6 is 0 Å². The van der Waals surface area contributed by atoms with Gasteiger partial charge in [0.1, 0.15) is 0 Å². The van der Waals surface area contributed by atoms with Crippen molar-refractivity contribution in [1.82, 2.24) is 14.8 Å². The number of hydrogen-bond donors (Lipinski definition) is 0. The van der Waals surface area contributed by atoms with Gasteiger partial charge in [0, 0.05) is 45.0 Å². The summed E-state index contributed by atoms with van der Waals surface area (Å²) in [6, 6.07) is 1.54. The van der Waals surface area contributed by atoms with E-state index in [4.69, 9.17) is 0 Å². The van der Waals surface area contributed by atoms with Crippen molar-refractivity contribution in [3.8, 4) is 0 Å². The van der Waals surface area contributed by atoms with Gasteiger partial charge in [-0.05, 0) is 19.4 Å². The number of pyridine rings is 1. The Kier molecular flexibility index (Phi) is 5.45. The van der Waals surface area contributed by atoms with Crippen LogP contribution in [-0.2, 0) is 14.6 Å². The van der Waals surface area contributed by atoms with E-state index in [1.54, 1.807) is 22.1 Å². The van der Waals surface area contributed by atoms with E-state index in [1.165, 1.54) is 6.20 Å². The van der Waals surface area contributed by atoms with Crippen LogP contribution in [0.4, 0.5) is 5.69 Å². The summed E-state index contributed by atoms with van der Waals surface area (Å²) in [6.07, 6.45) is 4.58. The molecular weight excluding hydrogens is 356 g/mol. The Morgan fingerprint density at radius 1 is 1.31 bits per heavy atom. The third kappa shape index (κ3) is 3.98. The van der Waals surface area contributed by atoms with Gasteiger partial charge in [-0.3, -0.25) is 14.6 Å². The van der Waals surface area contributed by atoms with Gasteiger partial charge in [-0.1, -0.05) is 0 Å². The molecule has 2 aliphatic rings. The van der Waals surface area contributed by atoms with Gasteiger partial charge < -0.3 is 14.7 Å². The van der Waals surface area contributed by atoms with Gasteiger partial charge >= 0.3 is 0 Å². The Labute approximate surface area is 153 Å². The van der Waals surface area contributed by atoms with Crippen molar-refractivity contribution < 1.29 is 18.0 Å². The molecule has 2 saturated heterocycles. The predicted octanol–water partition coefficient (Wildman–Crippen LogP) is 0.00920. The number of hydrogen-bond acceptors (Lipinski definition) is 6. The van der Waals surface area contributed by atoms with Crippen molar-refractivity contribution in [2.75, 3.05) is 49.1 Å². The average molecular weight is 380 g/mol. The molecule has 1 aromatic heterocycles. The van der Waals surface area contributed by atoms with Crippen molar-refractivity contribution in [2.24, 2.45) is 0 Å². The van der Waals surface area contributed by atoms with Gasteiger partial charge in [0.2, 0.25) is 6.41 Å². The van der Waals surface area contributed by atoms with Gasteiger partial charge in [-0.2, -0.15) is 0 Å². The lowest BCUT2D eigenvalue weighted by atomic mass is 10.1. The minimum absolute atomic E-state index is 0.0351. The van der Waals surface area contributed by atoms with Crippen molar-refractivity contribution in [1.29, 1.82) is 0 Å². The molecule has 0 bridgehead atoms. The van der Waals surface area contributed by atoms with Crippen LogP contribution < -0.4 is 4.90 Å². The minimum atomic E-state index is -3.05. The highest BCUT2D eigenvalue weighted by Crippen LogP contribution is 2.22. The second-order valence-electron chi connectivity index (χ2n) is 6.71. The van der Waals surface area contributed by atoms with E-state index < -0.39 is 9.84 Å². The number of rotatable bonds is 5. The van der Waals surface area contributed by atoms with E-state index in [0.29, 0.717) is 44.7 Å². The molecule has 142 valence electrons. The first-order valence-electron chi connectivity index (χ1n) is 8.84. The summed E-state index contributed by atoms with van der Waals surface area (Å²) in [6.45, 7) is 4.98. The molecule has 1 aromatic rings. The van der Waals surface area contributed by atoms with E-state index in [-0.39, 0.29) is 23.5 Å². The first-order chi connectivity index (χ1) is 12.4. The molecule has 0 spiro atoms. The van der Waals surface area contributed by atoms with Gasteiger partial charge in [-0.25, -0.2) is 8.42 Å². The van der Waals surface area contributed by atoms with Crippen molar-refractivity contribution >= 4 is 27.8 Å². The summed E-state index contributed by atoms with van der Waals surface area (Å²) >= 11 is 0. The van der Waals surface area contributed by atoms with Crippen LogP contribution in [0.1, 0.15) is 23.7 Å². The monoisotopic (exact) mass is 380 g/mol. The topological polar surface area (TPSA) is 90.9 Å². The highest BCUT2D eigenvalue weighted by molar-refractivity contribution is 7.91. The van der Waals surface area contributed by atoms with E-state index >= 15 is 0 Å². The van der Waals surface area contributed by atoms with Crippen molar-refractivity contribution in [2.45, 2.75) is 19.4 Å². The smallest absolute Gasteiger partial charge is 0.255 e. The lowest BCUT2D eigenvalue weighted by Crippen LogP contribution is -2.46. The summed E-state index contributed by atoms with van der Waals surface area (Å²) in [4.78, 5) is 33.4. The molecule has 1 unspecified atom stereocenters. The second-order valence-corrected chi connectivity index (χ2v) is 8.94. The van der Waals surface area contributed by atoms with Gasteiger partial charge in [0.05, 0.1) is 29.0 Å². The van der Waals surface area contributed by atoms with Crippen molar-refractivity contribution in [3.05, 3.63) is 24.0 Å². The summed E-state index contributed by atoms with van der Waals surface area (Å²) in [5.41, 5.74) is 1.31. The normalized spacial score (nSPS) is 22.3. The summed E-state index contributed by atoms with van der Waals surface area (Å²) in [5, 5.41) is 0. The van der Waals surface area contributed by atoms with Crippen LogP contribution in [0.5, 0.6) is 0 Å². The number of nitrogens with zero attached hydrogens (tertiary/aromatic N) is 4. The molecule has 8 nitrogen and oxygen atoms in total. The molecule has 0 radical (unpaired) electrons. The highest BCUT2D eigenvalue weighted by Gasteiger charge is 2.34. The zero-order valence-corrected chi connectivity index (χ0v) is 15.7. The lowest BCUT2D eigenvalue weighted by molar-refractivity contribution is -0.118. The zero-order chi connectivity index (χ0) is 18.7. The van der Waals surface area contributed by atoms with Crippen LogP contribution in [0.25, 0.3) is 0 Å². The van der Waals surface area contributed by atoms with E-state index in [0.717, 1.165) is 12.1 Å². The molecule has 2 amide bonds. The third-order valence-corrected chi connectivity index (χ3v) is 6.80. The predicted molar refractivity (Wildman–Crippen MR) is 97.9 cm³/mol. The molecule has 3 heterocycles. The molecule has 2 aliphatic heterocycles. The molecule has 0 aliphatic carbocycles. The second kappa shape index (κ2) is 7.61. The molecule has 2 fully saturated rings. The van der Waals surface area contributed by atoms with Crippen LogP contribution in [0.2, 0.25) is 0 Å². The standard InChI is InChI=1S/C17H24N4O4S/c1-2-21(15-3-8-26(24,25)12-15)17(23)14-9-16(11-18-10-14)20-6-4-19(13-22)5-7-20/h9-11,13,15H,2-8,12H2,1H3. The number of sulfone groups is 1. The first kappa shape index (κ1) is 18.6. The molecular formula is C17H24N4O4S. The van der Waals surface area contributed by atoms with Crippen LogP contribution in [0, 0.1) is 0 Å². The molecule has 9 heteroatoms.